The number of benzene rings is 1. The molecule has 0 N–H and O–H groups in total. The zero-order valence-electron chi connectivity index (χ0n) is 6.73. The molecule has 0 spiro atoms. The van der Waals surface area contributed by atoms with Crippen LogP contribution in [-0.2, 0) is 0 Å². The minimum atomic E-state index is -2.40. The monoisotopic (exact) mass is 340 g/mol. The fourth-order valence-corrected chi connectivity index (χ4v) is 3.29. The summed E-state index contributed by atoms with van der Waals surface area (Å²) in [5.41, 5.74) is 0. The lowest BCUT2D eigenvalue weighted by Crippen LogP contribution is -1.72. The molecular weight excluding hydrogens is 338 g/mol. The van der Waals surface area contributed by atoms with E-state index < -0.39 is 6.43 Å². The largest absolute Gasteiger partial charge is 0.272 e. The van der Waals surface area contributed by atoms with Crippen molar-refractivity contribution in [3.05, 3.63) is 32.0 Å². The molecule has 5 heteroatoms. The number of rotatable bonds is 1. The lowest BCUT2D eigenvalue weighted by molar-refractivity contribution is 0.156. The van der Waals surface area contributed by atoms with Gasteiger partial charge in [0, 0.05) is 14.3 Å². The van der Waals surface area contributed by atoms with Gasteiger partial charge in [0.05, 0.1) is 9.58 Å². The van der Waals surface area contributed by atoms with E-state index >= 15 is 0 Å². The normalized spacial score (nSPS) is 11.5. The summed E-state index contributed by atoms with van der Waals surface area (Å²) in [7, 11) is 0. The number of fused-ring (bicyclic) bond motifs is 1. The third-order valence-corrected chi connectivity index (χ3v) is 4.61. The number of halogens is 4. The molecule has 0 saturated carbocycles. The third kappa shape index (κ3) is 1.73. The second-order valence-electron chi connectivity index (χ2n) is 2.72. The standard InChI is InChI=1S/C9H4Br2F2S/c10-5-1-2-6(11)8-4(5)3-7(14-8)9(12)13/h1-3,9H. The summed E-state index contributed by atoms with van der Waals surface area (Å²) < 4.78 is 27.5. The molecule has 14 heavy (non-hydrogen) atoms. The molecule has 2 rings (SSSR count). The minimum Gasteiger partial charge on any atom is -0.204 e. The number of thiophene rings is 1. The van der Waals surface area contributed by atoms with Crippen molar-refractivity contribution in [2.75, 3.05) is 0 Å². The average molecular weight is 342 g/mol. The van der Waals surface area contributed by atoms with E-state index in [4.69, 9.17) is 0 Å². The molecule has 1 aromatic carbocycles. The smallest absolute Gasteiger partial charge is 0.204 e. The lowest BCUT2D eigenvalue weighted by Gasteiger charge is -1.94. The first-order valence-electron chi connectivity index (χ1n) is 3.75. The molecule has 0 bridgehead atoms. The Balaban J connectivity index is 2.75. The van der Waals surface area contributed by atoms with Gasteiger partial charge in [-0.25, -0.2) is 8.78 Å². The molecule has 0 atom stereocenters. The fourth-order valence-electron chi connectivity index (χ4n) is 1.18. The van der Waals surface area contributed by atoms with Crippen molar-refractivity contribution in [3.8, 4) is 0 Å². The van der Waals surface area contributed by atoms with Gasteiger partial charge in [-0.05, 0) is 34.1 Å². The third-order valence-electron chi connectivity index (χ3n) is 1.82. The molecule has 74 valence electrons. The molecule has 1 heterocycles. The molecule has 0 fully saturated rings. The van der Waals surface area contributed by atoms with Gasteiger partial charge in [0.1, 0.15) is 0 Å². The van der Waals surface area contributed by atoms with Crippen LogP contribution in [0, 0.1) is 0 Å². The summed E-state index contributed by atoms with van der Waals surface area (Å²) in [5.74, 6) is 0. The van der Waals surface area contributed by atoms with Crippen LogP contribution in [0.2, 0.25) is 0 Å². The highest BCUT2D eigenvalue weighted by molar-refractivity contribution is 9.11. The molecule has 0 aliphatic carbocycles. The van der Waals surface area contributed by atoms with Gasteiger partial charge >= 0.3 is 0 Å². The zero-order valence-corrected chi connectivity index (χ0v) is 10.7. The van der Waals surface area contributed by atoms with E-state index in [0.29, 0.717) is 0 Å². The summed E-state index contributed by atoms with van der Waals surface area (Å²) in [4.78, 5) is 0.104. The van der Waals surface area contributed by atoms with Crippen molar-refractivity contribution in [3.63, 3.8) is 0 Å². The number of hydrogen-bond acceptors (Lipinski definition) is 1. The molecule has 0 aliphatic rings. The van der Waals surface area contributed by atoms with Crippen molar-refractivity contribution < 1.29 is 8.78 Å². The molecule has 2 aromatic rings. The lowest BCUT2D eigenvalue weighted by atomic mass is 10.2. The number of alkyl halides is 2. The highest BCUT2D eigenvalue weighted by Crippen LogP contribution is 2.39. The Morgan fingerprint density at radius 1 is 1.14 bits per heavy atom. The van der Waals surface area contributed by atoms with Crippen LogP contribution in [0.3, 0.4) is 0 Å². The maximum atomic E-state index is 12.4. The first-order valence-corrected chi connectivity index (χ1v) is 6.15. The summed E-state index contributed by atoms with van der Waals surface area (Å²) in [5, 5.41) is 0.833. The van der Waals surface area contributed by atoms with Crippen molar-refractivity contribution in [2.45, 2.75) is 6.43 Å². The summed E-state index contributed by atoms with van der Waals surface area (Å²) in [6, 6.07) is 5.21. The Morgan fingerprint density at radius 2 is 1.79 bits per heavy atom. The van der Waals surface area contributed by atoms with Crippen LogP contribution in [0.5, 0.6) is 0 Å². The molecular formula is C9H4Br2F2S. The fraction of sp³-hybridized carbons (Fsp3) is 0.111. The van der Waals surface area contributed by atoms with Gasteiger partial charge in [0.15, 0.2) is 0 Å². The molecule has 1 aromatic heterocycles. The molecule has 0 aliphatic heterocycles. The van der Waals surface area contributed by atoms with E-state index in [2.05, 4.69) is 31.9 Å². The average Bonchev–Trinajstić information content (AvgIpc) is 2.57. The van der Waals surface area contributed by atoms with Gasteiger partial charge < -0.3 is 0 Å². The molecule has 0 radical (unpaired) electrons. The van der Waals surface area contributed by atoms with Crippen molar-refractivity contribution in [1.29, 1.82) is 0 Å². The minimum absolute atomic E-state index is 0.104. The zero-order chi connectivity index (χ0) is 10.3. The van der Waals surface area contributed by atoms with Crippen LogP contribution in [-0.4, -0.2) is 0 Å². The van der Waals surface area contributed by atoms with E-state index in [1.807, 2.05) is 12.1 Å². The quantitative estimate of drug-likeness (QED) is 0.654. The van der Waals surface area contributed by atoms with Gasteiger partial charge in [0.25, 0.3) is 6.43 Å². The summed E-state index contributed by atoms with van der Waals surface area (Å²) in [6.07, 6.45) is -2.40. The van der Waals surface area contributed by atoms with Crippen molar-refractivity contribution in [2.24, 2.45) is 0 Å². The highest BCUT2D eigenvalue weighted by Gasteiger charge is 2.14. The molecule has 0 saturated heterocycles. The van der Waals surface area contributed by atoms with E-state index in [0.717, 1.165) is 30.4 Å². The SMILES string of the molecule is FC(F)c1cc2c(Br)ccc(Br)c2s1. The number of hydrogen-bond donors (Lipinski definition) is 0. The van der Waals surface area contributed by atoms with Gasteiger partial charge in [-0.15, -0.1) is 11.3 Å². The van der Waals surface area contributed by atoms with Gasteiger partial charge in [-0.2, -0.15) is 0 Å². The van der Waals surface area contributed by atoms with Gasteiger partial charge in [0.2, 0.25) is 0 Å². The predicted molar refractivity (Wildman–Crippen MR) is 62.2 cm³/mol. The van der Waals surface area contributed by atoms with Gasteiger partial charge in [-0.3, -0.25) is 0 Å². The summed E-state index contributed by atoms with van der Waals surface area (Å²) >= 11 is 7.79. The van der Waals surface area contributed by atoms with Crippen LogP contribution >= 0.6 is 43.2 Å². The Kier molecular flexibility index (Phi) is 2.91. The Bertz CT molecular complexity index is 440. The van der Waals surface area contributed by atoms with E-state index in [9.17, 15) is 8.78 Å². The molecule has 0 unspecified atom stereocenters. The molecule has 0 nitrogen and oxygen atoms in total. The Morgan fingerprint density at radius 3 is 2.36 bits per heavy atom. The van der Waals surface area contributed by atoms with Crippen LogP contribution in [0.4, 0.5) is 8.78 Å². The van der Waals surface area contributed by atoms with E-state index in [1.165, 1.54) is 6.07 Å². The Hall–Kier alpha value is -0.0000000000000000833. The van der Waals surface area contributed by atoms with E-state index in [1.54, 1.807) is 0 Å². The predicted octanol–water partition coefficient (Wildman–Crippen LogP) is 5.36. The second kappa shape index (κ2) is 3.87. The van der Waals surface area contributed by atoms with Crippen molar-refractivity contribution >= 4 is 53.3 Å². The van der Waals surface area contributed by atoms with Gasteiger partial charge in [-0.1, -0.05) is 15.9 Å². The Labute approximate surface area is 100 Å². The van der Waals surface area contributed by atoms with Crippen LogP contribution < -0.4 is 0 Å². The first-order chi connectivity index (χ1) is 6.59. The van der Waals surface area contributed by atoms with Crippen LogP contribution in [0.1, 0.15) is 11.3 Å². The maximum absolute atomic E-state index is 12.4. The van der Waals surface area contributed by atoms with E-state index in [-0.39, 0.29) is 4.88 Å². The highest BCUT2D eigenvalue weighted by atomic mass is 79.9. The summed E-state index contributed by atoms with van der Waals surface area (Å²) in [6.45, 7) is 0. The molecule has 0 amide bonds. The maximum Gasteiger partial charge on any atom is 0.272 e. The first kappa shape index (κ1) is 10.5. The van der Waals surface area contributed by atoms with Crippen LogP contribution in [0.25, 0.3) is 10.1 Å². The second-order valence-corrected chi connectivity index (χ2v) is 5.51. The van der Waals surface area contributed by atoms with Crippen LogP contribution in [0.15, 0.2) is 27.1 Å². The topological polar surface area (TPSA) is 0 Å². The van der Waals surface area contributed by atoms with Crippen molar-refractivity contribution in [1.82, 2.24) is 0 Å².